The Labute approximate surface area is 158 Å². The average molecular weight is 375 g/mol. The molecular weight excluding hydrogens is 349 g/mol. The number of ether oxygens (including phenoxy) is 1. The molecule has 7 heteroatoms. The van der Waals surface area contributed by atoms with E-state index in [9.17, 15) is 14.3 Å². The molecule has 0 aliphatic carbocycles. The number of halogens is 1. The van der Waals surface area contributed by atoms with Crippen LogP contribution in [0, 0.1) is 5.82 Å². The lowest BCUT2D eigenvalue weighted by Gasteiger charge is -2.33. The Hall–Kier alpha value is -2.41. The van der Waals surface area contributed by atoms with E-state index in [2.05, 4.69) is 5.10 Å². The Morgan fingerprint density at radius 1 is 1.33 bits per heavy atom. The van der Waals surface area contributed by atoms with Gasteiger partial charge < -0.3 is 14.7 Å². The number of rotatable bonds is 3. The number of benzene rings is 1. The maximum Gasteiger partial charge on any atom is 0.410 e. The zero-order valence-electron chi connectivity index (χ0n) is 16.0. The summed E-state index contributed by atoms with van der Waals surface area (Å²) in [4.78, 5) is 13.9. The first kappa shape index (κ1) is 19.4. The second kappa shape index (κ2) is 7.68. The van der Waals surface area contributed by atoms with Gasteiger partial charge in [-0.25, -0.2) is 9.18 Å². The highest BCUT2D eigenvalue weighted by molar-refractivity contribution is 5.68. The molecule has 0 atom stereocenters. The van der Waals surface area contributed by atoms with Gasteiger partial charge in [0.2, 0.25) is 0 Å². The van der Waals surface area contributed by atoms with Crippen molar-refractivity contribution in [2.75, 3.05) is 13.1 Å². The molecule has 1 aliphatic rings. The van der Waals surface area contributed by atoms with Crippen LogP contribution in [0.1, 0.15) is 45.2 Å². The van der Waals surface area contributed by atoms with Gasteiger partial charge in [-0.15, -0.1) is 0 Å². The maximum atomic E-state index is 14.4. The van der Waals surface area contributed by atoms with Gasteiger partial charge in [-0.3, -0.25) is 4.68 Å². The fourth-order valence-electron chi connectivity index (χ4n) is 3.24. The summed E-state index contributed by atoms with van der Waals surface area (Å²) < 4.78 is 21.7. The molecule has 0 unspecified atom stereocenters. The molecule has 1 fully saturated rings. The fraction of sp³-hybridized carbons (Fsp3) is 0.500. The van der Waals surface area contributed by atoms with E-state index in [1.165, 1.54) is 0 Å². The van der Waals surface area contributed by atoms with Crippen molar-refractivity contribution < 1.29 is 19.0 Å². The first-order valence-electron chi connectivity index (χ1n) is 9.19. The van der Waals surface area contributed by atoms with Crippen molar-refractivity contribution >= 4 is 6.09 Å². The summed E-state index contributed by atoms with van der Waals surface area (Å²) in [6.07, 6.45) is 4.71. The van der Waals surface area contributed by atoms with Crippen LogP contribution >= 0.6 is 0 Å². The second-order valence-corrected chi connectivity index (χ2v) is 7.84. The molecule has 27 heavy (non-hydrogen) atoms. The Morgan fingerprint density at radius 3 is 2.67 bits per heavy atom. The van der Waals surface area contributed by atoms with Crippen LogP contribution < -0.4 is 0 Å². The number of hydrogen-bond acceptors (Lipinski definition) is 4. The van der Waals surface area contributed by atoms with E-state index in [4.69, 9.17) is 4.74 Å². The fourth-order valence-corrected chi connectivity index (χ4v) is 3.24. The summed E-state index contributed by atoms with van der Waals surface area (Å²) in [5, 5.41) is 13.6. The monoisotopic (exact) mass is 375 g/mol. The molecule has 146 valence electrons. The summed E-state index contributed by atoms with van der Waals surface area (Å²) in [7, 11) is 0. The normalized spacial score (nSPS) is 15.8. The number of aliphatic hydroxyl groups is 1. The average Bonchev–Trinajstić information content (AvgIpc) is 3.10. The molecule has 2 heterocycles. The largest absolute Gasteiger partial charge is 0.444 e. The van der Waals surface area contributed by atoms with Gasteiger partial charge in [0, 0.05) is 36.0 Å². The SMILES string of the molecule is CC(C)(C)OC(=O)N1CCC(n2cc(-c3cccc(CO)c3F)cn2)CC1. The van der Waals surface area contributed by atoms with E-state index in [1.54, 1.807) is 29.3 Å². The molecule has 2 aromatic rings. The van der Waals surface area contributed by atoms with Crippen molar-refractivity contribution in [2.45, 2.75) is 51.9 Å². The number of aromatic nitrogens is 2. The topological polar surface area (TPSA) is 67.6 Å². The van der Waals surface area contributed by atoms with Crippen LogP contribution in [0.3, 0.4) is 0 Å². The Morgan fingerprint density at radius 2 is 2.04 bits per heavy atom. The number of aliphatic hydroxyl groups excluding tert-OH is 1. The van der Waals surface area contributed by atoms with Crippen molar-refractivity contribution in [2.24, 2.45) is 0 Å². The van der Waals surface area contributed by atoms with E-state index in [-0.39, 0.29) is 24.3 Å². The minimum absolute atomic E-state index is 0.154. The molecule has 0 saturated carbocycles. The van der Waals surface area contributed by atoms with Gasteiger partial charge >= 0.3 is 6.09 Å². The Bertz CT molecular complexity index is 805. The highest BCUT2D eigenvalue weighted by Gasteiger charge is 2.28. The maximum absolute atomic E-state index is 14.4. The Kier molecular flexibility index (Phi) is 5.51. The quantitative estimate of drug-likeness (QED) is 0.887. The molecule has 1 amide bonds. The Balaban J connectivity index is 1.66. The standard InChI is InChI=1S/C20H26FN3O3/c1-20(2,3)27-19(26)23-9-7-16(8-10-23)24-12-15(11-22-24)17-6-4-5-14(13-25)18(17)21/h4-6,11-12,16,25H,7-10,13H2,1-3H3. The minimum Gasteiger partial charge on any atom is -0.444 e. The van der Waals surface area contributed by atoms with Crippen molar-refractivity contribution in [3.63, 3.8) is 0 Å². The molecule has 1 aromatic heterocycles. The molecule has 1 aromatic carbocycles. The van der Waals surface area contributed by atoms with Crippen LogP contribution in [0.15, 0.2) is 30.6 Å². The summed E-state index contributed by atoms with van der Waals surface area (Å²) in [6.45, 7) is 6.43. The lowest BCUT2D eigenvalue weighted by atomic mass is 10.0. The summed E-state index contributed by atoms with van der Waals surface area (Å²) >= 11 is 0. The van der Waals surface area contributed by atoms with Crippen LogP contribution in [0.4, 0.5) is 9.18 Å². The van der Waals surface area contributed by atoms with E-state index in [1.807, 2.05) is 31.6 Å². The third kappa shape index (κ3) is 4.47. The van der Waals surface area contributed by atoms with Crippen LogP contribution in [-0.2, 0) is 11.3 Å². The number of nitrogens with zero attached hydrogens (tertiary/aromatic N) is 3. The molecule has 6 nitrogen and oxygen atoms in total. The van der Waals surface area contributed by atoms with Crippen LogP contribution in [0.2, 0.25) is 0 Å². The number of carbonyl (C=O) groups excluding carboxylic acids is 1. The first-order valence-corrected chi connectivity index (χ1v) is 9.19. The molecule has 0 radical (unpaired) electrons. The van der Waals surface area contributed by atoms with Crippen LogP contribution in [0.25, 0.3) is 11.1 Å². The summed E-state index contributed by atoms with van der Waals surface area (Å²) in [5.41, 5.74) is 0.875. The molecule has 1 saturated heterocycles. The van der Waals surface area contributed by atoms with Gasteiger partial charge in [-0.2, -0.15) is 5.10 Å². The smallest absolute Gasteiger partial charge is 0.410 e. The van der Waals surface area contributed by atoms with E-state index in [0.29, 0.717) is 24.2 Å². The zero-order chi connectivity index (χ0) is 19.6. The third-order valence-electron chi connectivity index (χ3n) is 4.65. The number of likely N-dealkylation sites (tertiary alicyclic amines) is 1. The summed E-state index contributed by atoms with van der Waals surface area (Å²) in [5.74, 6) is -0.417. The minimum atomic E-state index is -0.502. The van der Waals surface area contributed by atoms with E-state index in [0.717, 1.165) is 12.8 Å². The predicted molar refractivity (Wildman–Crippen MR) is 99.6 cm³/mol. The number of amides is 1. The van der Waals surface area contributed by atoms with Crippen molar-refractivity contribution in [3.05, 3.63) is 42.0 Å². The van der Waals surface area contributed by atoms with Gasteiger partial charge in [0.25, 0.3) is 0 Å². The molecule has 1 aliphatic heterocycles. The molecular formula is C20H26FN3O3. The van der Waals surface area contributed by atoms with Crippen LogP contribution in [-0.4, -0.2) is 44.6 Å². The lowest BCUT2D eigenvalue weighted by molar-refractivity contribution is 0.0185. The van der Waals surface area contributed by atoms with Crippen molar-refractivity contribution in [1.29, 1.82) is 0 Å². The number of hydrogen-bond donors (Lipinski definition) is 1. The van der Waals surface area contributed by atoms with E-state index >= 15 is 0 Å². The number of piperidine rings is 1. The predicted octanol–water partition coefficient (Wildman–Crippen LogP) is 3.75. The van der Waals surface area contributed by atoms with Crippen molar-refractivity contribution in [3.8, 4) is 11.1 Å². The number of carbonyl (C=O) groups is 1. The third-order valence-corrected chi connectivity index (χ3v) is 4.65. The van der Waals surface area contributed by atoms with Crippen molar-refractivity contribution in [1.82, 2.24) is 14.7 Å². The van der Waals surface area contributed by atoms with Gasteiger partial charge in [0.05, 0.1) is 18.8 Å². The molecule has 0 bridgehead atoms. The van der Waals surface area contributed by atoms with Crippen LogP contribution in [0.5, 0.6) is 0 Å². The van der Waals surface area contributed by atoms with E-state index < -0.39 is 11.4 Å². The summed E-state index contributed by atoms with van der Waals surface area (Å²) in [6, 6.07) is 5.12. The highest BCUT2D eigenvalue weighted by atomic mass is 19.1. The van der Waals surface area contributed by atoms with Gasteiger partial charge in [-0.05, 0) is 33.6 Å². The highest BCUT2D eigenvalue weighted by Crippen LogP contribution is 2.28. The van der Waals surface area contributed by atoms with Gasteiger partial charge in [0.15, 0.2) is 0 Å². The first-order chi connectivity index (χ1) is 12.8. The van der Waals surface area contributed by atoms with Gasteiger partial charge in [-0.1, -0.05) is 18.2 Å². The second-order valence-electron chi connectivity index (χ2n) is 7.84. The molecule has 1 N–H and O–H groups in total. The molecule has 0 spiro atoms. The lowest BCUT2D eigenvalue weighted by Crippen LogP contribution is -2.42. The molecule has 3 rings (SSSR count). The van der Waals surface area contributed by atoms with Gasteiger partial charge in [0.1, 0.15) is 11.4 Å². The zero-order valence-corrected chi connectivity index (χ0v) is 16.0.